The molecule has 1 heterocycles. The molecule has 0 atom stereocenters. The lowest BCUT2D eigenvalue weighted by Crippen LogP contribution is -2.36. The molecule has 1 saturated heterocycles. The van der Waals surface area contributed by atoms with E-state index in [1.165, 1.54) is 0 Å². The third-order valence-electron chi connectivity index (χ3n) is 3.50. The van der Waals surface area contributed by atoms with E-state index in [0.29, 0.717) is 0 Å². The topological polar surface area (TPSA) is 49.8 Å². The Hall–Kier alpha value is -1.55. The molecule has 0 spiro atoms. The fourth-order valence-electron chi connectivity index (χ4n) is 2.03. The minimum absolute atomic E-state index is 0.752. The molecule has 0 aliphatic carbocycles. The summed E-state index contributed by atoms with van der Waals surface area (Å²) >= 11 is 0. The number of morpholine rings is 1. The minimum Gasteiger partial charge on any atom is -0.481 e. The van der Waals surface area contributed by atoms with Crippen LogP contribution in [0, 0.1) is 0 Å². The Labute approximate surface area is 107 Å². The van der Waals surface area contributed by atoms with E-state index in [0.717, 1.165) is 37.6 Å². The van der Waals surface area contributed by atoms with Crippen LogP contribution in [0.15, 0.2) is 24.3 Å². The third-order valence-corrected chi connectivity index (χ3v) is 3.50. The van der Waals surface area contributed by atoms with Crippen LogP contribution in [0.4, 0.5) is 5.69 Å². The number of aliphatic carboxylic acids is 1. The summed E-state index contributed by atoms with van der Waals surface area (Å²) in [7, 11) is 0. The average molecular weight is 249 g/mol. The second-order valence-electron chi connectivity index (χ2n) is 5.08. The van der Waals surface area contributed by atoms with Gasteiger partial charge in [-0.05, 0) is 31.5 Å². The summed E-state index contributed by atoms with van der Waals surface area (Å²) in [5.74, 6) is -0.804. The largest absolute Gasteiger partial charge is 0.481 e. The van der Waals surface area contributed by atoms with Crippen molar-refractivity contribution in [1.82, 2.24) is 0 Å². The van der Waals surface area contributed by atoms with E-state index in [2.05, 4.69) is 4.90 Å². The van der Waals surface area contributed by atoms with E-state index in [9.17, 15) is 9.90 Å². The summed E-state index contributed by atoms with van der Waals surface area (Å²) in [4.78, 5) is 13.4. The fraction of sp³-hybridized carbons (Fsp3) is 0.500. The first-order valence-corrected chi connectivity index (χ1v) is 6.18. The number of carbonyl (C=O) groups is 1. The van der Waals surface area contributed by atoms with Crippen LogP contribution in [0.1, 0.15) is 19.4 Å². The molecule has 0 radical (unpaired) electrons. The van der Waals surface area contributed by atoms with Gasteiger partial charge in [0.25, 0.3) is 0 Å². The van der Waals surface area contributed by atoms with Gasteiger partial charge in [-0.15, -0.1) is 0 Å². The first-order chi connectivity index (χ1) is 8.51. The van der Waals surface area contributed by atoms with Gasteiger partial charge < -0.3 is 14.7 Å². The molecule has 1 fully saturated rings. The van der Waals surface area contributed by atoms with E-state index >= 15 is 0 Å². The summed E-state index contributed by atoms with van der Waals surface area (Å²) in [5, 5.41) is 9.19. The van der Waals surface area contributed by atoms with Crippen LogP contribution < -0.4 is 4.90 Å². The van der Waals surface area contributed by atoms with E-state index in [4.69, 9.17) is 4.74 Å². The highest BCUT2D eigenvalue weighted by Gasteiger charge is 2.29. The highest BCUT2D eigenvalue weighted by molar-refractivity contribution is 5.80. The van der Waals surface area contributed by atoms with Crippen LogP contribution in [0.3, 0.4) is 0 Å². The fourth-order valence-corrected chi connectivity index (χ4v) is 2.03. The summed E-state index contributed by atoms with van der Waals surface area (Å²) in [6, 6.07) is 7.79. The first-order valence-electron chi connectivity index (χ1n) is 6.18. The summed E-state index contributed by atoms with van der Waals surface area (Å²) in [6.07, 6.45) is 0. The molecule has 0 saturated carbocycles. The van der Waals surface area contributed by atoms with Gasteiger partial charge in [0.05, 0.1) is 18.6 Å². The number of carboxylic acid groups (broad SMARTS) is 1. The third kappa shape index (κ3) is 2.48. The zero-order chi connectivity index (χ0) is 13.2. The predicted molar refractivity (Wildman–Crippen MR) is 70.1 cm³/mol. The number of rotatable bonds is 3. The summed E-state index contributed by atoms with van der Waals surface area (Å²) in [6.45, 7) is 6.73. The zero-order valence-electron chi connectivity index (χ0n) is 10.8. The monoisotopic (exact) mass is 249 g/mol. The molecule has 1 aromatic carbocycles. The van der Waals surface area contributed by atoms with Gasteiger partial charge in [0.2, 0.25) is 0 Å². The van der Waals surface area contributed by atoms with E-state index in [-0.39, 0.29) is 0 Å². The molecule has 4 nitrogen and oxygen atoms in total. The molecule has 18 heavy (non-hydrogen) atoms. The van der Waals surface area contributed by atoms with Crippen molar-refractivity contribution in [3.8, 4) is 0 Å². The van der Waals surface area contributed by atoms with Gasteiger partial charge in [-0.1, -0.05) is 12.1 Å². The Balaban J connectivity index is 2.17. The molecule has 0 amide bonds. The highest BCUT2D eigenvalue weighted by Crippen LogP contribution is 2.26. The van der Waals surface area contributed by atoms with Crippen molar-refractivity contribution in [2.24, 2.45) is 0 Å². The second-order valence-corrected chi connectivity index (χ2v) is 5.08. The van der Waals surface area contributed by atoms with Gasteiger partial charge in [0.1, 0.15) is 0 Å². The number of benzene rings is 1. The van der Waals surface area contributed by atoms with Crippen LogP contribution in [0.5, 0.6) is 0 Å². The maximum atomic E-state index is 11.2. The van der Waals surface area contributed by atoms with Crippen LogP contribution in [0.25, 0.3) is 0 Å². The standard InChI is InChI=1S/C14H19NO3/c1-14(2,13(16)17)11-3-5-12(6-4-11)15-7-9-18-10-8-15/h3-6H,7-10H2,1-2H3,(H,16,17). The van der Waals surface area contributed by atoms with Crippen LogP contribution in [-0.4, -0.2) is 37.4 Å². The van der Waals surface area contributed by atoms with Crippen molar-refractivity contribution in [1.29, 1.82) is 0 Å². The van der Waals surface area contributed by atoms with Gasteiger partial charge in [0.15, 0.2) is 0 Å². The Morgan fingerprint density at radius 3 is 2.28 bits per heavy atom. The number of anilines is 1. The lowest BCUT2D eigenvalue weighted by atomic mass is 9.85. The Bertz CT molecular complexity index is 419. The number of ether oxygens (including phenoxy) is 1. The van der Waals surface area contributed by atoms with Crippen molar-refractivity contribution >= 4 is 11.7 Å². The number of hydrogen-bond acceptors (Lipinski definition) is 3. The number of hydrogen-bond donors (Lipinski definition) is 1. The molecule has 0 aromatic heterocycles. The molecule has 2 rings (SSSR count). The maximum absolute atomic E-state index is 11.2. The molecule has 4 heteroatoms. The molecule has 1 aromatic rings. The van der Waals surface area contributed by atoms with E-state index in [1.807, 2.05) is 24.3 Å². The smallest absolute Gasteiger partial charge is 0.313 e. The van der Waals surface area contributed by atoms with E-state index < -0.39 is 11.4 Å². The number of nitrogens with zero attached hydrogens (tertiary/aromatic N) is 1. The van der Waals surface area contributed by atoms with Crippen molar-refractivity contribution < 1.29 is 14.6 Å². The van der Waals surface area contributed by atoms with Gasteiger partial charge in [-0.2, -0.15) is 0 Å². The average Bonchev–Trinajstić information content (AvgIpc) is 2.40. The Morgan fingerprint density at radius 1 is 1.22 bits per heavy atom. The van der Waals surface area contributed by atoms with Gasteiger partial charge >= 0.3 is 5.97 Å². The molecular weight excluding hydrogens is 230 g/mol. The zero-order valence-corrected chi connectivity index (χ0v) is 10.8. The quantitative estimate of drug-likeness (QED) is 0.888. The molecule has 1 aliphatic heterocycles. The molecule has 0 bridgehead atoms. The molecule has 1 aliphatic rings. The minimum atomic E-state index is -0.844. The Morgan fingerprint density at radius 2 is 1.78 bits per heavy atom. The second kappa shape index (κ2) is 4.98. The first kappa shape index (κ1) is 12.9. The van der Waals surface area contributed by atoms with Gasteiger partial charge in [-0.3, -0.25) is 4.79 Å². The predicted octanol–water partition coefficient (Wildman–Crippen LogP) is 1.89. The van der Waals surface area contributed by atoms with Crippen molar-refractivity contribution in [2.75, 3.05) is 31.2 Å². The molecule has 0 unspecified atom stereocenters. The highest BCUT2D eigenvalue weighted by atomic mass is 16.5. The van der Waals surface area contributed by atoms with Gasteiger partial charge in [-0.25, -0.2) is 0 Å². The maximum Gasteiger partial charge on any atom is 0.313 e. The summed E-state index contributed by atoms with van der Waals surface area (Å²) < 4.78 is 5.31. The number of carboxylic acids is 1. The van der Waals surface area contributed by atoms with Crippen LogP contribution in [0.2, 0.25) is 0 Å². The van der Waals surface area contributed by atoms with Crippen LogP contribution >= 0.6 is 0 Å². The molecule has 1 N–H and O–H groups in total. The van der Waals surface area contributed by atoms with Crippen molar-refractivity contribution in [2.45, 2.75) is 19.3 Å². The lowest BCUT2D eigenvalue weighted by molar-refractivity contribution is -0.142. The molecule has 98 valence electrons. The van der Waals surface area contributed by atoms with E-state index in [1.54, 1.807) is 13.8 Å². The van der Waals surface area contributed by atoms with Crippen molar-refractivity contribution in [3.05, 3.63) is 29.8 Å². The van der Waals surface area contributed by atoms with Crippen molar-refractivity contribution in [3.63, 3.8) is 0 Å². The normalized spacial score (nSPS) is 16.7. The lowest BCUT2D eigenvalue weighted by Gasteiger charge is -2.29. The molecular formula is C14H19NO3. The SMILES string of the molecule is CC(C)(C(=O)O)c1ccc(N2CCOCC2)cc1. The van der Waals surface area contributed by atoms with Gasteiger partial charge in [0, 0.05) is 18.8 Å². The Kier molecular flexibility index (Phi) is 3.57. The van der Waals surface area contributed by atoms with Crippen LogP contribution in [-0.2, 0) is 14.9 Å². The summed E-state index contributed by atoms with van der Waals surface area (Å²) in [5.41, 5.74) is 1.11.